The number of aromatic nitrogens is 1. The van der Waals surface area contributed by atoms with Crippen LogP contribution in [0.15, 0.2) is 28.2 Å². The summed E-state index contributed by atoms with van der Waals surface area (Å²) in [6.45, 7) is 5.28. The van der Waals surface area contributed by atoms with Gasteiger partial charge in [0, 0.05) is 18.5 Å². The highest BCUT2D eigenvalue weighted by molar-refractivity contribution is 7.98. The Morgan fingerprint density at radius 1 is 1.48 bits per heavy atom. The molecule has 7 nitrogen and oxygen atoms in total. The van der Waals surface area contributed by atoms with Gasteiger partial charge in [-0.25, -0.2) is 4.98 Å². The van der Waals surface area contributed by atoms with E-state index in [1.54, 1.807) is 23.9 Å². The second kappa shape index (κ2) is 10.8. The quantitative estimate of drug-likeness (QED) is 0.626. The Labute approximate surface area is 179 Å². The molecule has 0 spiro atoms. The molecular formula is C20H28N4O3S2. The summed E-state index contributed by atoms with van der Waals surface area (Å²) in [6.07, 6.45) is 6.45. The number of thiazole rings is 1. The van der Waals surface area contributed by atoms with Crippen molar-refractivity contribution < 1.29 is 14.0 Å². The summed E-state index contributed by atoms with van der Waals surface area (Å²) in [5.41, 5.74) is 0.972. The van der Waals surface area contributed by atoms with Gasteiger partial charge in [-0.1, -0.05) is 6.92 Å². The lowest BCUT2D eigenvalue weighted by Gasteiger charge is -2.30. The summed E-state index contributed by atoms with van der Waals surface area (Å²) < 4.78 is 5.12. The molecule has 2 N–H and O–H groups in total. The summed E-state index contributed by atoms with van der Waals surface area (Å²) in [5.74, 6) is 1.02. The van der Waals surface area contributed by atoms with Crippen molar-refractivity contribution in [1.29, 1.82) is 0 Å². The summed E-state index contributed by atoms with van der Waals surface area (Å²) in [4.78, 5) is 32.0. The van der Waals surface area contributed by atoms with Crippen molar-refractivity contribution in [2.45, 2.75) is 38.8 Å². The fourth-order valence-corrected chi connectivity index (χ4v) is 4.61. The lowest BCUT2D eigenvalue weighted by Crippen LogP contribution is -2.44. The number of anilines is 1. The molecule has 3 rings (SSSR count). The van der Waals surface area contributed by atoms with Crippen LogP contribution in [0, 0.1) is 5.92 Å². The van der Waals surface area contributed by atoms with E-state index in [1.807, 2.05) is 11.6 Å². The maximum absolute atomic E-state index is 12.8. The second-order valence-electron chi connectivity index (χ2n) is 7.40. The number of rotatable bonds is 9. The number of nitrogens with zero attached hydrogens (tertiary/aromatic N) is 2. The number of thioether (sulfide) groups is 1. The molecule has 0 radical (unpaired) electrons. The van der Waals surface area contributed by atoms with E-state index in [2.05, 4.69) is 27.4 Å². The van der Waals surface area contributed by atoms with Crippen molar-refractivity contribution >= 4 is 40.0 Å². The van der Waals surface area contributed by atoms with E-state index in [1.165, 1.54) is 30.4 Å². The average molecular weight is 437 g/mol. The predicted molar refractivity (Wildman–Crippen MR) is 117 cm³/mol. The van der Waals surface area contributed by atoms with Crippen LogP contribution in [0.5, 0.6) is 0 Å². The molecule has 0 saturated carbocycles. The SMILES string of the molecule is CSCC[C@@H](NC(=O)c1ccco1)C(=O)Nc1nc(CN2CCC[C@H](C)C2)cs1. The van der Waals surface area contributed by atoms with Gasteiger partial charge in [-0.05, 0) is 55.9 Å². The highest BCUT2D eigenvalue weighted by atomic mass is 32.2. The molecule has 29 heavy (non-hydrogen) atoms. The summed E-state index contributed by atoms with van der Waals surface area (Å²) in [6, 6.07) is 2.58. The van der Waals surface area contributed by atoms with Gasteiger partial charge in [0.2, 0.25) is 5.91 Å². The monoisotopic (exact) mass is 436 g/mol. The third-order valence-corrected chi connectivity index (χ3v) is 6.34. The summed E-state index contributed by atoms with van der Waals surface area (Å²) >= 11 is 3.05. The Morgan fingerprint density at radius 2 is 2.34 bits per heavy atom. The van der Waals surface area contributed by atoms with E-state index >= 15 is 0 Å². The minimum atomic E-state index is -0.643. The number of carbonyl (C=O) groups is 2. The number of piperidine rings is 1. The number of furan rings is 1. The van der Waals surface area contributed by atoms with Gasteiger partial charge >= 0.3 is 0 Å². The van der Waals surface area contributed by atoms with Gasteiger partial charge in [0.05, 0.1) is 12.0 Å². The number of likely N-dealkylation sites (tertiary alicyclic amines) is 1. The fourth-order valence-electron chi connectivity index (χ4n) is 3.43. The number of hydrogen-bond acceptors (Lipinski definition) is 7. The van der Waals surface area contributed by atoms with Crippen LogP contribution in [0.1, 0.15) is 42.4 Å². The maximum atomic E-state index is 12.8. The zero-order valence-electron chi connectivity index (χ0n) is 16.8. The molecular weight excluding hydrogens is 408 g/mol. The summed E-state index contributed by atoms with van der Waals surface area (Å²) in [7, 11) is 0. The van der Waals surface area contributed by atoms with E-state index < -0.39 is 11.9 Å². The molecule has 1 aliphatic rings. The highest BCUT2D eigenvalue weighted by Crippen LogP contribution is 2.21. The van der Waals surface area contributed by atoms with E-state index in [4.69, 9.17) is 4.42 Å². The van der Waals surface area contributed by atoms with E-state index in [0.29, 0.717) is 11.6 Å². The van der Waals surface area contributed by atoms with E-state index in [-0.39, 0.29) is 11.7 Å². The van der Waals surface area contributed by atoms with Crippen molar-refractivity contribution in [3.63, 3.8) is 0 Å². The van der Waals surface area contributed by atoms with Gasteiger partial charge in [-0.2, -0.15) is 11.8 Å². The lowest BCUT2D eigenvalue weighted by atomic mass is 10.0. The van der Waals surface area contributed by atoms with Crippen LogP contribution in [0.4, 0.5) is 5.13 Å². The van der Waals surface area contributed by atoms with Crippen molar-refractivity contribution in [2.24, 2.45) is 5.92 Å². The molecule has 2 aromatic rings. The minimum absolute atomic E-state index is 0.194. The van der Waals surface area contributed by atoms with Crippen molar-refractivity contribution in [3.05, 3.63) is 35.2 Å². The van der Waals surface area contributed by atoms with Crippen molar-refractivity contribution in [1.82, 2.24) is 15.2 Å². The van der Waals surface area contributed by atoms with Crippen molar-refractivity contribution in [2.75, 3.05) is 30.4 Å². The lowest BCUT2D eigenvalue weighted by molar-refractivity contribution is -0.118. The molecule has 2 amide bonds. The first kappa shape index (κ1) is 21.9. The van der Waals surface area contributed by atoms with Crippen LogP contribution in [0.25, 0.3) is 0 Å². The first-order chi connectivity index (χ1) is 14.0. The average Bonchev–Trinajstić information content (AvgIpc) is 3.37. The third kappa shape index (κ3) is 6.58. The van der Waals surface area contributed by atoms with Crippen LogP contribution in [-0.4, -0.2) is 52.8 Å². The predicted octanol–water partition coefficient (Wildman–Crippen LogP) is 3.46. The van der Waals surface area contributed by atoms with Gasteiger partial charge in [-0.3, -0.25) is 14.5 Å². The molecule has 0 unspecified atom stereocenters. The first-order valence-electron chi connectivity index (χ1n) is 9.86. The van der Waals surface area contributed by atoms with Gasteiger partial charge in [-0.15, -0.1) is 11.3 Å². The first-order valence-corrected chi connectivity index (χ1v) is 12.1. The fraction of sp³-hybridized carbons (Fsp3) is 0.550. The van der Waals surface area contributed by atoms with Crippen LogP contribution >= 0.6 is 23.1 Å². The Kier molecular flexibility index (Phi) is 8.14. The number of nitrogens with one attached hydrogen (secondary N) is 2. The van der Waals surface area contributed by atoms with E-state index in [0.717, 1.165) is 37.0 Å². The van der Waals surface area contributed by atoms with Gasteiger partial charge in [0.25, 0.3) is 5.91 Å². The Balaban J connectivity index is 1.57. The minimum Gasteiger partial charge on any atom is -0.459 e. The molecule has 1 saturated heterocycles. The molecule has 158 valence electrons. The van der Waals surface area contributed by atoms with Crippen LogP contribution < -0.4 is 10.6 Å². The molecule has 3 heterocycles. The van der Waals surface area contributed by atoms with Crippen molar-refractivity contribution in [3.8, 4) is 0 Å². The largest absolute Gasteiger partial charge is 0.459 e. The van der Waals surface area contributed by atoms with Gasteiger partial charge in [0.1, 0.15) is 6.04 Å². The molecule has 2 atom stereocenters. The molecule has 0 aromatic carbocycles. The van der Waals surface area contributed by atoms with Gasteiger partial charge in [0.15, 0.2) is 10.9 Å². The standard InChI is InChI=1S/C20H28N4O3S2/c1-14-5-3-8-24(11-14)12-15-13-29-20(21-15)23-18(25)16(7-10-28-2)22-19(26)17-6-4-9-27-17/h4,6,9,13-14,16H,3,5,7-8,10-12H2,1-2H3,(H,22,26)(H,21,23,25)/t14-,16+/m0/s1. The number of amides is 2. The van der Waals surface area contributed by atoms with Crippen LogP contribution in [-0.2, 0) is 11.3 Å². The smallest absolute Gasteiger partial charge is 0.287 e. The molecule has 9 heteroatoms. The van der Waals surface area contributed by atoms with Crippen LogP contribution in [0.2, 0.25) is 0 Å². The Bertz CT molecular complexity index is 794. The second-order valence-corrected chi connectivity index (χ2v) is 9.24. The Hall–Kier alpha value is -1.84. The number of hydrogen-bond donors (Lipinski definition) is 2. The maximum Gasteiger partial charge on any atom is 0.287 e. The molecule has 1 fully saturated rings. The summed E-state index contributed by atoms with van der Waals surface area (Å²) in [5, 5.41) is 8.18. The molecule has 1 aliphatic heterocycles. The van der Waals surface area contributed by atoms with E-state index in [9.17, 15) is 9.59 Å². The normalized spacial score (nSPS) is 18.3. The highest BCUT2D eigenvalue weighted by Gasteiger charge is 2.23. The zero-order valence-corrected chi connectivity index (χ0v) is 18.5. The topological polar surface area (TPSA) is 87.5 Å². The van der Waals surface area contributed by atoms with Gasteiger partial charge < -0.3 is 15.1 Å². The third-order valence-electron chi connectivity index (χ3n) is 4.89. The Morgan fingerprint density at radius 3 is 3.07 bits per heavy atom. The number of carbonyl (C=O) groups excluding carboxylic acids is 2. The molecule has 2 aromatic heterocycles. The molecule has 0 bridgehead atoms. The molecule has 0 aliphatic carbocycles. The van der Waals surface area contributed by atoms with Crippen LogP contribution in [0.3, 0.4) is 0 Å². The zero-order chi connectivity index (χ0) is 20.6.